The van der Waals surface area contributed by atoms with Crippen LogP contribution in [-0.2, 0) is 4.79 Å². The van der Waals surface area contributed by atoms with Crippen molar-refractivity contribution in [2.75, 3.05) is 23.7 Å². The highest BCUT2D eigenvalue weighted by Crippen LogP contribution is 2.24. The Hall–Kier alpha value is -1.85. The van der Waals surface area contributed by atoms with Gasteiger partial charge >= 0.3 is 0 Å². The molecule has 0 spiro atoms. The summed E-state index contributed by atoms with van der Waals surface area (Å²) in [5.74, 6) is 0.928. The zero-order valence-electron chi connectivity index (χ0n) is 9.89. The summed E-state index contributed by atoms with van der Waals surface area (Å²) in [6.45, 7) is 3.52. The maximum absolute atomic E-state index is 11.1. The van der Waals surface area contributed by atoms with Crippen LogP contribution in [0.3, 0.4) is 0 Å². The lowest BCUT2D eigenvalue weighted by atomic mass is 9.96. The predicted octanol–water partition coefficient (Wildman–Crippen LogP) is 0.0689. The van der Waals surface area contributed by atoms with Gasteiger partial charge < -0.3 is 16.4 Å². The van der Waals surface area contributed by atoms with Gasteiger partial charge in [0.25, 0.3) is 0 Å². The molecule has 0 aromatic carbocycles. The number of nitrogen functional groups attached to an aromatic ring is 1. The Kier molecular flexibility index (Phi) is 3.12. The van der Waals surface area contributed by atoms with Gasteiger partial charge in [-0.1, -0.05) is 0 Å². The molecule has 0 aliphatic carbocycles. The molecule has 4 N–H and O–H groups in total. The molecule has 6 nitrogen and oxygen atoms in total. The maximum Gasteiger partial charge on any atom is 0.221 e. The minimum atomic E-state index is -0.205. The van der Waals surface area contributed by atoms with Crippen molar-refractivity contribution in [2.45, 2.75) is 19.8 Å². The summed E-state index contributed by atoms with van der Waals surface area (Å²) in [7, 11) is 0. The van der Waals surface area contributed by atoms with Crippen molar-refractivity contribution >= 4 is 17.7 Å². The number of anilines is 2. The lowest BCUT2D eigenvalue weighted by Gasteiger charge is -2.32. The number of piperidine rings is 1. The smallest absolute Gasteiger partial charge is 0.221 e. The van der Waals surface area contributed by atoms with Crippen molar-refractivity contribution in [1.82, 2.24) is 9.97 Å². The van der Waals surface area contributed by atoms with Crippen LogP contribution in [0.5, 0.6) is 0 Å². The fourth-order valence-electron chi connectivity index (χ4n) is 2.14. The maximum atomic E-state index is 11.1. The highest BCUT2D eigenvalue weighted by Gasteiger charge is 2.24. The molecule has 2 rings (SSSR count). The van der Waals surface area contributed by atoms with Crippen LogP contribution >= 0.6 is 0 Å². The topological polar surface area (TPSA) is 98.1 Å². The Morgan fingerprint density at radius 3 is 2.71 bits per heavy atom. The molecule has 0 radical (unpaired) electrons. The van der Waals surface area contributed by atoms with Gasteiger partial charge in [0.05, 0.1) is 0 Å². The molecular formula is C11H17N5O. The number of hydrogen-bond acceptors (Lipinski definition) is 5. The summed E-state index contributed by atoms with van der Waals surface area (Å²) in [6, 6.07) is 0. The molecule has 1 aliphatic rings. The molecule has 1 aliphatic heterocycles. The zero-order valence-corrected chi connectivity index (χ0v) is 9.89. The van der Waals surface area contributed by atoms with Gasteiger partial charge in [-0.25, -0.2) is 4.98 Å². The first kappa shape index (κ1) is 11.6. The first-order chi connectivity index (χ1) is 8.08. The normalized spacial score (nSPS) is 17.1. The van der Waals surface area contributed by atoms with E-state index in [4.69, 9.17) is 11.5 Å². The second-order valence-corrected chi connectivity index (χ2v) is 4.40. The molecule has 1 saturated heterocycles. The van der Waals surface area contributed by atoms with Crippen molar-refractivity contribution in [3.63, 3.8) is 0 Å². The predicted molar refractivity (Wildman–Crippen MR) is 65.3 cm³/mol. The first-order valence-electron chi connectivity index (χ1n) is 5.71. The van der Waals surface area contributed by atoms with Crippen LogP contribution in [0.1, 0.15) is 18.4 Å². The largest absolute Gasteiger partial charge is 0.369 e. The van der Waals surface area contributed by atoms with Crippen LogP contribution < -0.4 is 16.4 Å². The number of rotatable bonds is 2. The summed E-state index contributed by atoms with van der Waals surface area (Å²) < 4.78 is 0. The number of carbonyl (C=O) groups excluding carboxylic acids is 1. The van der Waals surface area contributed by atoms with Gasteiger partial charge in [0.2, 0.25) is 11.9 Å². The number of carbonyl (C=O) groups is 1. The van der Waals surface area contributed by atoms with Crippen molar-refractivity contribution in [2.24, 2.45) is 11.7 Å². The van der Waals surface area contributed by atoms with Crippen molar-refractivity contribution in [1.29, 1.82) is 0 Å². The highest BCUT2D eigenvalue weighted by molar-refractivity contribution is 5.77. The van der Waals surface area contributed by atoms with Crippen LogP contribution in [0.25, 0.3) is 0 Å². The number of amides is 1. The van der Waals surface area contributed by atoms with Crippen molar-refractivity contribution in [3.05, 3.63) is 11.8 Å². The number of primary amides is 1. The molecule has 1 fully saturated rings. The van der Waals surface area contributed by atoms with E-state index in [9.17, 15) is 4.79 Å². The third-order valence-corrected chi connectivity index (χ3v) is 3.16. The van der Waals surface area contributed by atoms with Gasteiger partial charge in [-0.05, 0) is 19.8 Å². The third-order valence-electron chi connectivity index (χ3n) is 3.16. The van der Waals surface area contributed by atoms with Crippen LogP contribution in [0.4, 0.5) is 11.8 Å². The monoisotopic (exact) mass is 235 g/mol. The second-order valence-electron chi connectivity index (χ2n) is 4.40. The molecule has 1 amide bonds. The van der Waals surface area contributed by atoms with E-state index in [0.29, 0.717) is 0 Å². The molecule has 17 heavy (non-hydrogen) atoms. The summed E-state index contributed by atoms with van der Waals surface area (Å²) in [4.78, 5) is 21.4. The van der Waals surface area contributed by atoms with E-state index in [-0.39, 0.29) is 17.8 Å². The van der Waals surface area contributed by atoms with Crippen LogP contribution in [-0.4, -0.2) is 29.0 Å². The SMILES string of the molecule is Cc1cnc(N)nc1N1CCC(C(N)=O)CC1. The minimum absolute atomic E-state index is 0.00857. The molecule has 0 saturated carbocycles. The Balaban J connectivity index is 2.10. The van der Waals surface area contributed by atoms with Crippen molar-refractivity contribution in [3.8, 4) is 0 Å². The van der Waals surface area contributed by atoms with E-state index in [0.717, 1.165) is 37.3 Å². The number of aryl methyl sites for hydroxylation is 1. The number of nitrogens with zero attached hydrogens (tertiary/aromatic N) is 3. The summed E-state index contributed by atoms with van der Waals surface area (Å²) in [6.07, 6.45) is 3.27. The molecular weight excluding hydrogens is 218 g/mol. The van der Waals surface area contributed by atoms with E-state index in [2.05, 4.69) is 14.9 Å². The van der Waals surface area contributed by atoms with E-state index >= 15 is 0 Å². The Labute approximate surface area is 100 Å². The molecule has 6 heteroatoms. The van der Waals surface area contributed by atoms with E-state index in [1.54, 1.807) is 6.20 Å². The van der Waals surface area contributed by atoms with Crippen molar-refractivity contribution < 1.29 is 4.79 Å². The molecule has 0 atom stereocenters. The lowest BCUT2D eigenvalue weighted by Crippen LogP contribution is -2.39. The molecule has 0 bridgehead atoms. The average Bonchev–Trinajstić information content (AvgIpc) is 2.32. The minimum Gasteiger partial charge on any atom is -0.369 e. The standard InChI is InChI=1S/C11H17N5O/c1-7-6-14-11(13)15-10(7)16-4-2-8(3-5-16)9(12)17/h6,8H,2-5H2,1H3,(H2,12,17)(H2,13,14,15). The number of hydrogen-bond donors (Lipinski definition) is 2. The number of nitrogens with two attached hydrogens (primary N) is 2. The van der Waals surface area contributed by atoms with Gasteiger partial charge in [-0.2, -0.15) is 4.98 Å². The first-order valence-corrected chi connectivity index (χ1v) is 5.71. The second kappa shape index (κ2) is 4.57. The molecule has 2 heterocycles. The fraction of sp³-hybridized carbons (Fsp3) is 0.545. The fourth-order valence-corrected chi connectivity index (χ4v) is 2.14. The van der Waals surface area contributed by atoms with Crippen LogP contribution in [0.15, 0.2) is 6.20 Å². The van der Waals surface area contributed by atoms with E-state index in [1.807, 2.05) is 6.92 Å². The Morgan fingerprint density at radius 1 is 1.47 bits per heavy atom. The van der Waals surface area contributed by atoms with E-state index in [1.165, 1.54) is 0 Å². The van der Waals surface area contributed by atoms with Gasteiger partial charge in [0.15, 0.2) is 0 Å². The van der Waals surface area contributed by atoms with Gasteiger partial charge in [0.1, 0.15) is 5.82 Å². The highest BCUT2D eigenvalue weighted by atomic mass is 16.1. The number of aromatic nitrogens is 2. The third kappa shape index (κ3) is 2.46. The molecule has 0 unspecified atom stereocenters. The summed E-state index contributed by atoms with van der Waals surface area (Å²) in [5, 5.41) is 0. The Morgan fingerprint density at radius 2 is 2.12 bits per heavy atom. The Bertz CT molecular complexity index is 426. The molecule has 1 aromatic heterocycles. The van der Waals surface area contributed by atoms with Crippen LogP contribution in [0, 0.1) is 12.8 Å². The van der Waals surface area contributed by atoms with Gasteiger partial charge in [-0.3, -0.25) is 4.79 Å². The van der Waals surface area contributed by atoms with Gasteiger partial charge in [-0.15, -0.1) is 0 Å². The zero-order chi connectivity index (χ0) is 12.4. The van der Waals surface area contributed by atoms with E-state index < -0.39 is 0 Å². The average molecular weight is 235 g/mol. The lowest BCUT2D eigenvalue weighted by molar-refractivity contribution is -0.122. The quantitative estimate of drug-likeness (QED) is 0.755. The molecule has 1 aromatic rings. The summed E-state index contributed by atoms with van der Waals surface area (Å²) in [5.41, 5.74) is 11.9. The molecule has 92 valence electrons. The summed E-state index contributed by atoms with van der Waals surface area (Å²) >= 11 is 0. The van der Waals surface area contributed by atoms with Gasteiger partial charge in [0, 0.05) is 30.8 Å². The van der Waals surface area contributed by atoms with Crippen LogP contribution in [0.2, 0.25) is 0 Å².